The van der Waals surface area contributed by atoms with E-state index in [1.807, 2.05) is 19.1 Å². The number of pyridine rings is 1. The zero-order valence-corrected chi connectivity index (χ0v) is 17.1. The average Bonchev–Trinajstić information content (AvgIpc) is 3.00. The van der Waals surface area contributed by atoms with Crippen LogP contribution in [0.15, 0.2) is 48.5 Å². The van der Waals surface area contributed by atoms with Crippen LogP contribution in [0.2, 0.25) is 0 Å². The predicted octanol–water partition coefficient (Wildman–Crippen LogP) is 6.55. The van der Waals surface area contributed by atoms with Crippen LogP contribution >= 0.6 is 0 Å². The second kappa shape index (κ2) is 8.54. The first kappa shape index (κ1) is 20.5. The number of fused-ring (bicyclic) bond motifs is 1. The molecule has 3 aromatic rings. The van der Waals surface area contributed by atoms with Crippen LogP contribution in [0, 0.1) is 6.92 Å². The van der Waals surface area contributed by atoms with E-state index in [0.29, 0.717) is 6.54 Å². The Hall–Kier alpha value is -2.76. The predicted molar refractivity (Wildman–Crippen MR) is 116 cm³/mol. The molecule has 0 bridgehead atoms. The van der Waals surface area contributed by atoms with E-state index in [0.717, 1.165) is 53.1 Å². The van der Waals surface area contributed by atoms with Crippen molar-refractivity contribution in [3.63, 3.8) is 0 Å². The lowest BCUT2D eigenvalue weighted by atomic mass is 10.1. The third-order valence-electron chi connectivity index (χ3n) is 5.64. The highest BCUT2D eigenvalue weighted by Gasteiger charge is 2.29. The lowest BCUT2D eigenvalue weighted by molar-refractivity contribution is -0.137. The normalized spacial score (nSPS) is 15.3. The summed E-state index contributed by atoms with van der Waals surface area (Å²) >= 11 is 0. The van der Waals surface area contributed by atoms with E-state index in [1.54, 1.807) is 0 Å². The molecule has 2 aromatic carbocycles. The summed E-state index contributed by atoms with van der Waals surface area (Å²) in [6.07, 6.45) is 0.706. The van der Waals surface area contributed by atoms with Gasteiger partial charge in [-0.05, 0) is 61.7 Å². The number of anilines is 2. The Bertz CT molecular complexity index is 1000. The highest BCUT2D eigenvalue weighted by molar-refractivity contribution is 5.94. The number of hydrogen-bond acceptors (Lipinski definition) is 3. The Morgan fingerprint density at radius 1 is 0.933 bits per heavy atom. The standard InChI is InChI=1S/C24H26F3N3/c1-17-14-23(30-12-4-2-3-5-13-30)21-11-10-20(15-22(21)29-17)28-16-18-6-8-19(9-7-18)24(25,26)27/h6-11,14-15,28H,2-5,12-13,16H2,1H3. The third kappa shape index (κ3) is 4.69. The minimum atomic E-state index is -4.31. The Kier molecular flexibility index (Phi) is 5.84. The summed E-state index contributed by atoms with van der Waals surface area (Å²) in [5.74, 6) is 0. The average molecular weight is 413 g/mol. The van der Waals surface area contributed by atoms with Crippen LogP contribution in [0.5, 0.6) is 0 Å². The monoisotopic (exact) mass is 413 g/mol. The lowest BCUT2D eigenvalue weighted by Gasteiger charge is -2.25. The molecular weight excluding hydrogens is 387 g/mol. The largest absolute Gasteiger partial charge is 0.416 e. The molecule has 4 rings (SSSR count). The molecule has 1 N–H and O–H groups in total. The van der Waals surface area contributed by atoms with Crippen LogP contribution in [0.25, 0.3) is 10.9 Å². The van der Waals surface area contributed by atoms with Gasteiger partial charge in [-0.3, -0.25) is 4.98 Å². The fourth-order valence-electron chi connectivity index (χ4n) is 4.04. The van der Waals surface area contributed by atoms with Gasteiger partial charge in [0.15, 0.2) is 0 Å². The first-order valence-electron chi connectivity index (χ1n) is 10.5. The molecule has 1 aliphatic heterocycles. The first-order valence-corrected chi connectivity index (χ1v) is 10.5. The van der Waals surface area contributed by atoms with Gasteiger partial charge in [0.25, 0.3) is 0 Å². The Morgan fingerprint density at radius 2 is 1.63 bits per heavy atom. The van der Waals surface area contributed by atoms with E-state index in [2.05, 4.69) is 22.3 Å². The Balaban J connectivity index is 1.53. The van der Waals surface area contributed by atoms with Gasteiger partial charge in [0.05, 0.1) is 11.1 Å². The van der Waals surface area contributed by atoms with Gasteiger partial charge >= 0.3 is 6.18 Å². The minimum Gasteiger partial charge on any atom is -0.381 e. The van der Waals surface area contributed by atoms with Crippen LogP contribution in [0.4, 0.5) is 24.5 Å². The summed E-state index contributed by atoms with van der Waals surface area (Å²) in [5, 5.41) is 4.45. The SMILES string of the molecule is Cc1cc(N2CCCCCC2)c2ccc(NCc3ccc(C(F)(F)F)cc3)cc2n1. The molecule has 1 aromatic heterocycles. The van der Waals surface area contributed by atoms with Crippen LogP contribution in [0.3, 0.4) is 0 Å². The zero-order valence-electron chi connectivity index (χ0n) is 17.1. The number of aryl methyl sites for hydroxylation is 1. The van der Waals surface area contributed by atoms with Crippen LogP contribution in [-0.4, -0.2) is 18.1 Å². The zero-order chi connectivity index (χ0) is 21.1. The van der Waals surface area contributed by atoms with Crippen molar-refractivity contribution in [3.05, 3.63) is 65.4 Å². The lowest BCUT2D eigenvalue weighted by Crippen LogP contribution is -2.24. The van der Waals surface area contributed by atoms with Gasteiger partial charge in [-0.1, -0.05) is 25.0 Å². The maximum Gasteiger partial charge on any atom is 0.416 e. The van der Waals surface area contributed by atoms with Gasteiger partial charge < -0.3 is 10.2 Å². The molecule has 1 saturated heterocycles. The molecule has 0 spiro atoms. The van der Waals surface area contributed by atoms with Gasteiger partial charge in [-0.2, -0.15) is 13.2 Å². The van der Waals surface area contributed by atoms with Crippen molar-refractivity contribution in [2.24, 2.45) is 0 Å². The minimum absolute atomic E-state index is 0.453. The molecule has 30 heavy (non-hydrogen) atoms. The number of alkyl halides is 3. The summed E-state index contributed by atoms with van der Waals surface area (Å²) in [6, 6.07) is 13.6. The van der Waals surface area contributed by atoms with Gasteiger partial charge in [0, 0.05) is 42.1 Å². The van der Waals surface area contributed by atoms with Crippen molar-refractivity contribution < 1.29 is 13.2 Å². The maximum atomic E-state index is 12.7. The second-order valence-corrected chi connectivity index (χ2v) is 7.96. The van der Waals surface area contributed by atoms with Crippen molar-refractivity contribution in [3.8, 4) is 0 Å². The number of nitrogens with zero attached hydrogens (tertiary/aromatic N) is 2. The van der Waals surface area contributed by atoms with Crippen LogP contribution in [0.1, 0.15) is 42.5 Å². The number of halogens is 3. The molecule has 1 fully saturated rings. The molecule has 0 radical (unpaired) electrons. The fourth-order valence-corrected chi connectivity index (χ4v) is 4.04. The highest BCUT2D eigenvalue weighted by Crippen LogP contribution is 2.31. The van der Waals surface area contributed by atoms with E-state index >= 15 is 0 Å². The van der Waals surface area contributed by atoms with Crippen LogP contribution < -0.4 is 10.2 Å². The summed E-state index contributed by atoms with van der Waals surface area (Å²) in [7, 11) is 0. The number of aromatic nitrogens is 1. The molecular formula is C24H26F3N3. The molecule has 0 amide bonds. The van der Waals surface area contributed by atoms with E-state index in [1.165, 1.54) is 43.5 Å². The van der Waals surface area contributed by atoms with E-state index in [4.69, 9.17) is 4.98 Å². The summed E-state index contributed by atoms with van der Waals surface area (Å²) in [6.45, 7) is 4.62. The quantitative estimate of drug-likeness (QED) is 0.525. The smallest absolute Gasteiger partial charge is 0.381 e. The van der Waals surface area contributed by atoms with Crippen molar-refractivity contribution in [2.75, 3.05) is 23.3 Å². The van der Waals surface area contributed by atoms with E-state index in [9.17, 15) is 13.2 Å². The molecule has 1 aliphatic rings. The molecule has 6 heteroatoms. The number of benzene rings is 2. The first-order chi connectivity index (χ1) is 14.4. The fraction of sp³-hybridized carbons (Fsp3) is 0.375. The molecule has 2 heterocycles. The summed E-state index contributed by atoms with van der Waals surface area (Å²) in [5.41, 5.74) is 4.24. The highest BCUT2D eigenvalue weighted by atomic mass is 19.4. The van der Waals surface area contributed by atoms with Gasteiger partial charge in [-0.15, -0.1) is 0 Å². The van der Waals surface area contributed by atoms with Gasteiger partial charge in [0.1, 0.15) is 0 Å². The third-order valence-corrected chi connectivity index (χ3v) is 5.64. The van der Waals surface area contributed by atoms with E-state index in [-0.39, 0.29) is 0 Å². The molecule has 3 nitrogen and oxygen atoms in total. The van der Waals surface area contributed by atoms with Crippen molar-refractivity contribution in [2.45, 2.75) is 45.3 Å². The Labute approximate surface area is 174 Å². The van der Waals surface area contributed by atoms with Crippen molar-refractivity contribution >= 4 is 22.3 Å². The second-order valence-electron chi connectivity index (χ2n) is 7.96. The maximum absolute atomic E-state index is 12.7. The summed E-state index contributed by atoms with van der Waals surface area (Å²) in [4.78, 5) is 7.19. The number of rotatable bonds is 4. The van der Waals surface area contributed by atoms with Crippen LogP contribution in [-0.2, 0) is 12.7 Å². The molecule has 0 unspecified atom stereocenters. The van der Waals surface area contributed by atoms with Gasteiger partial charge in [0.2, 0.25) is 0 Å². The number of nitrogens with one attached hydrogen (secondary N) is 1. The van der Waals surface area contributed by atoms with Crippen molar-refractivity contribution in [1.29, 1.82) is 0 Å². The molecule has 0 aliphatic carbocycles. The molecule has 158 valence electrons. The summed E-state index contributed by atoms with van der Waals surface area (Å²) < 4.78 is 38.1. The molecule has 0 atom stereocenters. The number of hydrogen-bond donors (Lipinski definition) is 1. The van der Waals surface area contributed by atoms with E-state index < -0.39 is 11.7 Å². The Morgan fingerprint density at radius 3 is 2.30 bits per heavy atom. The topological polar surface area (TPSA) is 28.2 Å². The van der Waals surface area contributed by atoms with Gasteiger partial charge in [-0.25, -0.2) is 0 Å². The van der Waals surface area contributed by atoms with Crippen molar-refractivity contribution in [1.82, 2.24) is 4.98 Å². The molecule has 0 saturated carbocycles.